The molecule has 2 aromatic carbocycles. The Morgan fingerprint density at radius 3 is 2.00 bits per heavy atom. The number of rotatable bonds is 2. The Kier molecular flexibility index (Phi) is 3.01. The molecule has 102 valence electrons. The van der Waals surface area contributed by atoms with E-state index in [2.05, 4.69) is 0 Å². The van der Waals surface area contributed by atoms with E-state index in [1.54, 1.807) is 0 Å². The van der Waals surface area contributed by atoms with Gasteiger partial charge in [-0.25, -0.2) is 0 Å². The molecule has 7 nitrogen and oxygen atoms in total. The Hall–Kier alpha value is -1.68. The molecule has 2 aromatic rings. The molecule has 2 rings (SSSR count). The van der Waals surface area contributed by atoms with E-state index < -0.39 is 25.1 Å². The molecule has 0 heterocycles. The minimum absolute atomic E-state index is 0.158. The molecule has 0 amide bonds. The van der Waals surface area contributed by atoms with Crippen LogP contribution in [-0.2, 0) is 20.2 Å². The molecule has 0 saturated heterocycles. The molecule has 0 aliphatic heterocycles. The van der Waals surface area contributed by atoms with E-state index in [-0.39, 0.29) is 16.0 Å². The maximum Gasteiger partial charge on any atom is 0.296 e. The fourth-order valence-electron chi connectivity index (χ4n) is 1.66. The summed E-state index contributed by atoms with van der Waals surface area (Å²) in [4.78, 5) is -0.904. The minimum Gasteiger partial charge on any atom is -0.398 e. The quantitative estimate of drug-likeness (QED) is 0.554. The zero-order chi connectivity index (χ0) is 14.4. The van der Waals surface area contributed by atoms with Crippen LogP contribution in [-0.4, -0.2) is 25.9 Å². The summed E-state index contributed by atoms with van der Waals surface area (Å²) in [7, 11) is -8.91. The number of hydrogen-bond acceptors (Lipinski definition) is 5. The summed E-state index contributed by atoms with van der Waals surface area (Å²) in [5.74, 6) is 0. The van der Waals surface area contributed by atoms with Gasteiger partial charge in [0.2, 0.25) is 0 Å². The number of anilines is 1. The molecule has 0 unspecified atom stereocenters. The van der Waals surface area contributed by atoms with E-state index in [1.165, 1.54) is 12.1 Å². The number of nitrogens with two attached hydrogens (primary N) is 1. The standard InChI is InChI=1S/C10H9NO6S2/c11-9-4-6-1-2-8(18(12,13)14)3-7(6)5-10(9)19(15,16)17/h1-5H,11H2,(H,12,13,14)(H,15,16,17). The molecule has 0 aromatic heterocycles. The van der Waals surface area contributed by atoms with Crippen molar-refractivity contribution in [3.8, 4) is 0 Å². The van der Waals surface area contributed by atoms with E-state index in [1.807, 2.05) is 0 Å². The van der Waals surface area contributed by atoms with Crippen molar-refractivity contribution in [1.29, 1.82) is 0 Å². The van der Waals surface area contributed by atoms with Crippen LogP contribution in [0, 0.1) is 0 Å². The maximum absolute atomic E-state index is 11.1. The molecule has 0 spiro atoms. The van der Waals surface area contributed by atoms with Gasteiger partial charge in [0.05, 0.1) is 10.6 Å². The number of fused-ring (bicyclic) bond motifs is 1. The smallest absolute Gasteiger partial charge is 0.296 e. The molecule has 0 atom stereocenters. The van der Waals surface area contributed by atoms with Crippen molar-refractivity contribution in [1.82, 2.24) is 0 Å². The van der Waals surface area contributed by atoms with E-state index in [4.69, 9.17) is 14.8 Å². The predicted octanol–water partition coefficient (Wildman–Crippen LogP) is 0.915. The van der Waals surface area contributed by atoms with Crippen LogP contribution >= 0.6 is 0 Å². The topological polar surface area (TPSA) is 135 Å². The average Bonchev–Trinajstić information content (AvgIpc) is 2.24. The summed E-state index contributed by atoms with van der Waals surface area (Å²) in [6.07, 6.45) is 0. The first kappa shape index (κ1) is 13.7. The second-order valence-corrected chi connectivity index (χ2v) is 6.66. The summed E-state index contributed by atoms with van der Waals surface area (Å²) in [5, 5.41) is 0.675. The Morgan fingerprint density at radius 2 is 1.47 bits per heavy atom. The fourth-order valence-corrected chi connectivity index (χ4v) is 2.80. The molecule has 0 saturated carbocycles. The van der Waals surface area contributed by atoms with Crippen molar-refractivity contribution in [3.05, 3.63) is 30.3 Å². The van der Waals surface area contributed by atoms with Crippen LogP contribution in [0.3, 0.4) is 0 Å². The first-order chi connectivity index (χ1) is 8.59. The van der Waals surface area contributed by atoms with Crippen LogP contribution in [0.2, 0.25) is 0 Å². The lowest BCUT2D eigenvalue weighted by Crippen LogP contribution is -2.03. The van der Waals surface area contributed by atoms with Gasteiger partial charge in [-0.1, -0.05) is 6.07 Å². The highest BCUT2D eigenvalue weighted by molar-refractivity contribution is 7.86. The van der Waals surface area contributed by atoms with Gasteiger partial charge in [-0.3, -0.25) is 9.11 Å². The molecule has 0 aliphatic carbocycles. The van der Waals surface area contributed by atoms with Crippen LogP contribution in [0.1, 0.15) is 0 Å². The first-order valence-corrected chi connectivity index (χ1v) is 7.75. The third-order valence-corrected chi connectivity index (χ3v) is 4.28. The normalized spacial score (nSPS) is 12.7. The van der Waals surface area contributed by atoms with Gasteiger partial charge in [-0.05, 0) is 35.0 Å². The lowest BCUT2D eigenvalue weighted by molar-refractivity contribution is 0.481. The molecular formula is C10H9NO6S2. The highest BCUT2D eigenvalue weighted by Gasteiger charge is 2.16. The van der Waals surface area contributed by atoms with Gasteiger partial charge < -0.3 is 5.73 Å². The van der Waals surface area contributed by atoms with Crippen LogP contribution in [0.15, 0.2) is 40.1 Å². The summed E-state index contributed by atoms with van der Waals surface area (Å²) < 4.78 is 62.0. The second-order valence-electron chi connectivity index (χ2n) is 3.85. The summed E-state index contributed by atoms with van der Waals surface area (Å²) in [6.45, 7) is 0. The first-order valence-electron chi connectivity index (χ1n) is 4.87. The third kappa shape index (κ3) is 2.68. The number of benzene rings is 2. The molecule has 0 aliphatic rings. The number of hydrogen-bond donors (Lipinski definition) is 3. The van der Waals surface area contributed by atoms with E-state index >= 15 is 0 Å². The molecule has 4 N–H and O–H groups in total. The van der Waals surface area contributed by atoms with Gasteiger partial charge in [0.15, 0.2) is 0 Å². The van der Waals surface area contributed by atoms with Crippen molar-refractivity contribution in [2.75, 3.05) is 5.73 Å². The summed E-state index contributed by atoms with van der Waals surface area (Å²) in [5.41, 5.74) is 5.33. The Bertz CT molecular complexity index is 870. The van der Waals surface area contributed by atoms with Gasteiger partial charge >= 0.3 is 0 Å². The molecule has 0 bridgehead atoms. The lowest BCUT2D eigenvalue weighted by Gasteiger charge is -2.06. The van der Waals surface area contributed by atoms with Crippen molar-refractivity contribution in [3.63, 3.8) is 0 Å². The van der Waals surface area contributed by atoms with Gasteiger partial charge in [0, 0.05) is 0 Å². The zero-order valence-corrected chi connectivity index (χ0v) is 10.9. The minimum atomic E-state index is -4.51. The third-order valence-electron chi connectivity index (χ3n) is 2.52. The van der Waals surface area contributed by atoms with Crippen molar-refractivity contribution < 1.29 is 25.9 Å². The highest BCUT2D eigenvalue weighted by Crippen LogP contribution is 2.27. The van der Waals surface area contributed by atoms with E-state index in [9.17, 15) is 16.8 Å². The zero-order valence-electron chi connectivity index (χ0n) is 9.31. The van der Waals surface area contributed by atoms with Gasteiger partial charge in [0.1, 0.15) is 4.90 Å². The number of nitrogen functional groups attached to an aromatic ring is 1. The van der Waals surface area contributed by atoms with Crippen LogP contribution < -0.4 is 5.73 Å². The Balaban J connectivity index is 2.83. The lowest BCUT2D eigenvalue weighted by atomic mass is 10.1. The average molecular weight is 303 g/mol. The molecule has 19 heavy (non-hydrogen) atoms. The molecule has 0 fully saturated rings. The van der Waals surface area contributed by atoms with E-state index in [0.717, 1.165) is 18.2 Å². The Labute approximate surface area is 109 Å². The monoisotopic (exact) mass is 303 g/mol. The van der Waals surface area contributed by atoms with Crippen molar-refractivity contribution >= 4 is 36.7 Å². The Morgan fingerprint density at radius 1 is 0.842 bits per heavy atom. The van der Waals surface area contributed by atoms with E-state index in [0.29, 0.717) is 5.39 Å². The van der Waals surface area contributed by atoms with Gasteiger partial charge in [-0.15, -0.1) is 0 Å². The highest BCUT2D eigenvalue weighted by atomic mass is 32.2. The van der Waals surface area contributed by atoms with Crippen LogP contribution in [0.25, 0.3) is 10.8 Å². The SMILES string of the molecule is Nc1cc2ccc(S(=O)(=O)O)cc2cc1S(=O)(=O)O. The fraction of sp³-hybridized carbons (Fsp3) is 0. The molecular weight excluding hydrogens is 294 g/mol. The molecule has 0 radical (unpaired) electrons. The molecule has 9 heteroatoms. The largest absolute Gasteiger partial charge is 0.398 e. The van der Waals surface area contributed by atoms with Crippen LogP contribution in [0.5, 0.6) is 0 Å². The summed E-state index contributed by atoms with van der Waals surface area (Å²) >= 11 is 0. The van der Waals surface area contributed by atoms with Gasteiger partial charge in [-0.2, -0.15) is 16.8 Å². The van der Waals surface area contributed by atoms with Crippen molar-refractivity contribution in [2.24, 2.45) is 0 Å². The summed E-state index contributed by atoms with van der Waals surface area (Å²) in [6, 6.07) is 5.92. The van der Waals surface area contributed by atoms with Gasteiger partial charge in [0.25, 0.3) is 20.2 Å². The predicted molar refractivity (Wildman–Crippen MR) is 68.0 cm³/mol. The second kappa shape index (κ2) is 4.17. The maximum atomic E-state index is 11.1. The van der Waals surface area contributed by atoms with Crippen LogP contribution in [0.4, 0.5) is 5.69 Å². The van der Waals surface area contributed by atoms with Crippen molar-refractivity contribution in [2.45, 2.75) is 9.79 Å².